The number of sulfonamides is 1. The first-order chi connectivity index (χ1) is 10.0. The Morgan fingerprint density at radius 3 is 2.24 bits per heavy atom. The molecule has 0 spiro atoms. The van der Waals surface area contributed by atoms with E-state index in [9.17, 15) is 13.2 Å². The molecule has 0 aromatic carbocycles. The third-order valence-corrected chi connectivity index (χ3v) is 5.87. The smallest absolute Gasteiger partial charge is 0.222 e. The molecule has 1 aliphatic rings. The van der Waals surface area contributed by atoms with E-state index in [0.717, 1.165) is 25.7 Å². The Kier molecular flexibility index (Phi) is 8.21. The van der Waals surface area contributed by atoms with E-state index in [2.05, 4.69) is 0 Å². The summed E-state index contributed by atoms with van der Waals surface area (Å²) in [4.78, 5) is 13.8. The summed E-state index contributed by atoms with van der Waals surface area (Å²) in [6.07, 6.45) is 5.21. The highest BCUT2D eigenvalue weighted by atomic mass is 32.2. The maximum absolute atomic E-state index is 12.0. The van der Waals surface area contributed by atoms with E-state index in [1.165, 1.54) is 4.31 Å². The van der Waals surface area contributed by atoms with Crippen molar-refractivity contribution in [3.05, 3.63) is 0 Å². The molecule has 1 heterocycles. The molecule has 0 saturated carbocycles. The fraction of sp³-hybridized carbons (Fsp3) is 0.929. The third-order valence-electron chi connectivity index (χ3n) is 3.79. The van der Waals surface area contributed by atoms with E-state index < -0.39 is 10.0 Å². The van der Waals surface area contributed by atoms with Crippen molar-refractivity contribution in [2.75, 3.05) is 38.5 Å². The number of rotatable bonds is 9. The maximum Gasteiger partial charge on any atom is 0.222 e. The number of nitrogens with zero attached hydrogens (tertiary/aromatic N) is 2. The summed E-state index contributed by atoms with van der Waals surface area (Å²) >= 11 is 0. The van der Waals surface area contributed by atoms with E-state index in [-0.39, 0.29) is 11.7 Å². The van der Waals surface area contributed by atoms with Gasteiger partial charge in [-0.05, 0) is 25.8 Å². The van der Waals surface area contributed by atoms with Gasteiger partial charge in [-0.3, -0.25) is 4.79 Å². The van der Waals surface area contributed by atoms with Crippen molar-refractivity contribution < 1.29 is 13.2 Å². The molecule has 1 aliphatic heterocycles. The standard InChI is InChI=1S/C14H29N3O3S/c1-2-13-21(19,20)17-11-9-16(10-12-17)14(18)7-5-3-4-6-8-15/h2-13,15H2,1H3. The van der Waals surface area contributed by atoms with Gasteiger partial charge in [-0.1, -0.05) is 19.8 Å². The topological polar surface area (TPSA) is 83.7 Å². The van der Waals surface area contributed by atoms with Crippen LogP contribution in [0, 0.1) is 0 Å². The Labute approximate surface area is 128 Å². The highest BCUT2D eigenvalue weighted by Gasteiger charge is 2.27. The van der Waals surface area contributed by atoms with Gasteiger partial charge in [0.1, 0.15) is 0 Å². The zero-order valence-electron chi connectivity index (χ0n) is 13.1. The molecule has 1 saturated heterocycles. The lowest BCUT2D eigenvalue weighted by Gasteiger charge is -2.34. The fourth-order valence-corrected chi connectivity index (χ4v) is 4.03. The molecule has 0 aliphatic carbocycles. The maximum atomic E-state index is 12.0. The highest BCUT2D eigenvalue weighted by Crippen LogP contribution is 2.11. The molecular formula is C14H29N3O3S. The van der Waals surface area contributed by atoms with Crippen LogP contribution >= 0.6 is 0 Å². The number of hydrogen-bond acceptors (Lipinski definition) is 4. The SMILES string of the molecule is CCCS(=O)(=O)N1CCN(C(=O)CCCCCCN)CC1. The zero-order valence-corrected chi connectivity index (χ0v) is 13.9. The minimum Gasteiger partial charge on any atom is -0.340 e. The highest BCUT2D eigenvalue weighted by molar-refractivity contribution is 7.89. The van der Waals surface area contributed by atoms with E-state index in [1.807, 2.05) is 6.92 Å². The van der Waals surface area contributed by atoms with Crippen molar-refractivity contribution in [1.82, 2.24) is 9.21 Å². The van der Waals surface area contributed by atoms with Crippen LogP contribution in [0.25, 0.3) is 0 Å². The Hall–Kier alpha value is -0.660. The summed E-state index contributed by atoms with van der Waals surface area (Å²) in [7, 11) is -3.13. The van der Waals surface area contributed by atoms with Gasteiger partial charge in [0.05, 0.1) is 5.75 Å². The second kappa shape index (κ2) is 9.38. The van der Waals surface area contributed by atoms with E-state index in [0.29, 0.717) is 45.6 Å². The van der Waals surface area contributed by atoms with Gasteiger partial charge in [-0.2, -0.15) is 4.31 Å². The number of hydrogen-bond donors (Lipinski definition) is 1. The zero-order chi connectivity index (χ0) is 15.7. The summed E-state index contributed by atoms with van der Waals surface area (Å²) in [6, 6.07) is 0. The van der Waals surface area contributed by atoms with Crippen LogP contribution < -0.4 is 5.73 Å². The molecule has 2 N–H and O–H groups in total. The molecule has 6 nitrogen and oxygen atoms in total. The van der Waals surface area contributed by atoms with E-state index >= 15 is 0 Å². The molecule has 7 heteroatoms. The number of nitrogens with two attached hydrogens (primary N) is 1. The van der Waals surface area contributed by atoms with Crippen LogP contribution in [0.5, 0.6) is 0 Å². The van der Waals surface area contributed by atoms with Crippen LogP contribution in [0.15, 0.2) is 0 Å². The molecule has 0 aromatic rings. The fourth-order valence-electron chi connectivity index (χ4n) is 2.53. The Bertz CT molecular complexity index is 404. The Morgan fingerprint density at radius 1 is 1.05 bits per heavy atom. The van der Waals surface area contributed by atoms with Crippen LogP contribution in [0.4, 0.5) is 0 Å². The quantitative estimate of drug-likeness (QED) is 0.637. The first kappa shape index (κ1) is 18.4. The van der Waals surface area contributed by atoms with Gasteiger partial charge in [0.2, 0.25) is 15.9 Å². The number of piperazine rings is 1. The van der Waals surface area contributed by atoms with Gasteiger partial charge in [-0.15, -0.1) is 0 Å². The van der Waals surface area contributed by atoms with Crippen molar-refractivity contribution in [3.63, 3.8) is 0 Å². The molecule has 1 fully saturated rings. The molecule has 0 unspecified atom stereocenters. The van der Waals surface area contributed by atoms with E-state index in [4.69, 9.17) is 5.73 Å². The molecule has 0 radical (unpaired) electrons. The predicted molar refractivity (Wildman–Crippen MR) is 84.4 cm³/mol. The molecule has 1 amide bonds. The lowest BCUT2D eigenvalue weighted by Crippen LogP contribution is -2.50. The van der Waals surface area contributed by atoms with Crippen LogP contribution in [0.3, 0.4) is 0 Å². The second-order valence-electron chi connectivity index (χ2n) is 5.55. The third kappa shape index (κ3) is 6.32. The van der Waals surface area contributed by atoms with Gasteiger partial charge >= 0.3 is 0 Å². The molecule has 21 heavy (non-hydrogen) atoms. The molecule has 0 bridgehead atoms. The molecule has 0 aromatic heterocycles. The molecular weight excluding hydrogens is 290 g/mol. The first-order valence-electron chi connectivity index (χ1n) is 7.97. The lowest BCUT2D eigenvalue weighted by molar-refractivity contribution is -0.132. The molecule has 1 rings (SSSR count). The van der Waals surface area contributed by atoms with Crippen molar-refractivity contribution >= 4 is 15.9 Å². The largest absolute Gasteiger partial charge is 0.340 e. The Morgan fingerprint density at radius 2 is 1.67 bits per heavy atom. The molecule has 124 valence electrons. The van der Waals surface area contributed by atoms with Crippen LogP contribution in [-0.2, 0) is 14.8 Å². The van der Waals surface area contributed by atoms with Crippen LogP contribution in [-0.4, -0.2) is 62.0 Å². The van der Waals surface area contributed by atoms with Gasteiger partial charge in [0.15, 0.2) is 0 Å². The van der Waals surface area contributed by atoms with Crippen LogP contribution in [0.2, 0.25) is 0 Å². The van der Waals surface area contributed by atoms with Crippen molar-refractivity contribution in [2.45, 2.75) is 45.4 Å². The Balaban J connectivity index is 2.27. The van der Waals surface area contributed by atoms with Gasteiger partial charge < -0.3 is 10.6 Å². The van der Waals surface area contributed by atoms with Crippen molar-refractivity contribution in [3.8, 4) is 0 Å². The first-order valence-corrected chi connectivity index (χ1v) is 9.58. The molecule has 0 atom stereocenters. The van der Waals surface area contributed by atoms with E-state index in [1.54, 1.807) is 4.90 Å². The summed E-state index contributed by atoms with van der Waals surface area (Å²) in [5.41, 5.74) is 5.43. The van der Waals surface area contributed by atoms with Gasteiger partial charge in [0.25, 0.3) is 0 Å². The average molecular weight is 319 g/mol. The monoisotopic (exact) mass is 319 g/mol. The normalized spacial score (nSPS) is 17.1. The number of carbonyl (C=O) groups excluding carboxylic acids is 1. The lowest BCUT2D eigenvalue weighted by atomic mass is 10.1. The van der Waals surface area contributed by atoms with Crippen molar-refractivity contribution in [2.24, 2.45) is 5.73 Å². The minimum atomic E-state index is -3.13. The van der Waals surface area contributed by atoms with Crippen LogP contribution in [0.1, 0.15) is 45.4 Å². The number of carbonyl (C=O) groups is 1. The minimum absolute atomic E-state index is 0.148. The number of amides is 1. The summed E-state index contributed by atoms with van der Waals surface area (Å²) in [5, 5.41) is 0. The summed E-state index contributed by atoms with van der Waals surface area (Å²) < 4.78 is 25.4. The predicted octanol–water partition coefficient (Wildman–Crippen LogP) is 0.780. The second-order valence-corrected chi connectivity index (χ2v) is 7.64. The van der Waals surface area contributed by atoms with Gasteiger partial charge in [-0.25, -0.2) is 8.42 Å². The number of unbranched alkanes of at least 4 members (excludes halogenated alkanes) is 3. The van der Waals surface area contributed by atoms with Crippen molar-refractivity contribution in [1.29, 1.82) is 0 Å². The average Bonchev–Trinajstić information content (AvgIpc) is 2.47. The summed E-state index contributed by atoms with van der Waals surface area (Å²) in [5.74, 6) is 0.345. The van der Waals surface area contributed by atoms with Gasteiger partial charge in [0, 0.05) is 32.6 Å². The summed E-state index contributed by atoms with van der Waals surface area (Å²) in [6.45, 7) is 4.47.